The van der Waals surface area contributed by atoms with E-state index >= 15 is 0 Å². The Kier molecular flexibility index (Phi) is 5.32. The van der Waals surface area contributed by atoms with Crippen LogP contribution in [-0.2, 0) is 0 Å². The standard InChI is InChI=1S/C26H26ClFN6/c1-14-15(2)31-26-24(30-14)23(21-9-6-19(27)11-22(21)28)32-25(33-26)17-5-3-4-16(10-17)18-12-29-34(13-18)20-7-8-20/h6,9,11-13,16-17,20H,3-5,7-8,10H2,1-2H3. The lowest BCUT2D eigenvalue weighted by Gasteiger charge is -2.28. The molecule has 3 heterocycles. The van der Waals surface area contributed by atoms with Crippen molar-refractivity contribution < 1.29 is 4.39 Å². The molecule has 6 nitrogen and oxygen atoms in total. The Labute approximate surface area is 202 Å². The van der Waals surface area contributed by atoms with Crippen molar-refractivity contribution in [3.05, 3.63) is 64.2 Å². The summed E-state index contributed by atoms with van der Waals surface area (Å²) in [5.41, 5.74) is 4.78. The average Bonchev–Trinajstić information content (AvgIpc) is 3.56. The van der Waals surface area contributed by atoms with Gasteiger partial charge in [0.25, 0.3) is 0 Å². The van der Waals surface area contributed by atoms with Crippen LogP contribution in [0.25, 0.3) is 22.4 Å². The monoisotopic (exact) mass is 476 g/mol. The smallest absolute Gasteiger partial charge is 0.182 e. The lowest BCUT2D eigenvalue weighted by molar-refractivity contribution is 0.383. The summed E-state index contributed by atoms with van der Waals surface area (Å²) in [6, 6.07) is 5.23. The predicted octanol–water partition coefficient (Wildman–Crippen LogP) is 6.47. The number of hydrogen-bond donors (Lipinski definition) is 0. The molecule has 2 aliphatic rings. The fraction of sp³-hybridized carbons (Fsp3) is 0.423. The summed E-state index contributed by atoms with van der Waals surface area (Å²) < 4.78 is 17.1. The van der Waals surface area contributed by atoms with Crippen molar-refractivity contribution in [2.45, 2.75) is 70.3 Å². The number of hydrogen-bond acceptors (Lipinski definition) is 5. The van der Waals surface area contributed by atoms with E-state index in [2.05, 4.69) is 16.0 Å². The number of halogens is 2. The third-order valence-electron chi connectivity index (χ3n) is 7.20. The molecule has 4 aromatic rings. The van der Waals surface area contributed by atoms with Crippen LogP contribution >= 0.6 is 11.6 Å². The zero-order chi connectivity index (χ0) is 23.4. The van der Waals surface area contributed by atoms with E-state index in [9.17, 15) is 4.39 Å². The Morgan fingerprint density at radius 2 is 1.76 bits per heavy atom. The van der Waals surface area contributed by atoms with Gasteiger partial charge in [0.15, 0.2) is 5.65 Å². The van der Waals surface area contributed by atoms with Gasteiger partial charge in [0.2, 0.25) is 0 Å². The summed E-state index contributed by atoms with van der Waals surface area (Å²) in [6.45, 7) is 3.81. The van der Waals surface area contributed by atoms with Crippen LogP contribution in [0.5, 0.6) is 0 Å². The van der Waals surface area contributed by atoms with Crippen molar-refractivity contribution in [2.75, 3.05) is 0 Å². The van der Waals surface area contributed by atoms with E-state index in [-0.39, 0.29) is 5.92 Å². The summed E-state index contributed by atoms with van der Waals surface area (Å²) >= 11 is 6.01. The maximum absolute atomic E-state index is 15.0. The Bertz CT molecular complexity index is 1400. The van der Waals surface area contributed by atoms with Gasteiger partial charge in [-0.3, -0.25) is 4.68 Å². The van der Waals surface area contributed by atoms with Crippen molar-refractivity contribution in [2.24, 2.45) is 0 Å². The quantitative estimate of drug-likeness (QED) is 0.337. The highest BCUT2D eigenvalue weighted by molar-refractivity contribution is 6.30. The van der Waals surface area contributed by atoms with Crippen molar-refractivity contribution in [1.82, 2.24) is 29.7 Å². The predicted molar refractivity (Wildman–Crippen MR) is 129 cm³/mol. The van der Waals surface area contributed by atoms with E-state index in [1.165, 1.54) is 24.5 Å². The van der Waals surface area contributed by atoms with E-state index in [1.54, 1.807) is 12.1 Å². The second kappa shape index (κ2) is 8.38. The molecular formula is C26H26ClFN6. The van der Waals surface area contributed by atoms with Crippen LogP contribution in [-0.4, -0.2) is 29.7 Å². The zero-order valence-corrected chi connectivity index (χ0v) is 20.1. The van der Waals surface area contributed by atoms with Gasteiger partial charge in [0.1, 0.15) is 22.9 Å². The fourth-order valence-corrected chi connectivity index (χ4v) is 5.17. The maximum Gasteiger partial charge on any atom is 0.182 e. The molecule has 2 aliphatic carbocycles. The van der Waals surface area contributed by atoms with Gasteiger partial charge >= 0.3 is 0 Å². The molecule has 0 amide bonds. The number of rotatable bonds is 4. The second-order valence-electron chi connectivity index (χ2n) is 9.67. The first kappa shape index (κ1) is 21.6. The molecule has 1 aromatic carbocycles. The van der Waals surface area contributed by atoms with Crippen LogP contribution in [0.1, 0.15) is 79.2 Å². The first-order chi connectivity index (χ1) is 16.5. The molecule has 0 bridgehead atoms. The third-order valence-corrected chi connectivity index (χ3v) is 7.43. The Morgan fingerprint density at radius 1 is 0.971 bits per heavy atom. The van der Waals surface area contributed by atoms with Gasteiger partial charge in [-0.05, 0) is 75.6 Å². The molecule has 34 heavy (non-hydrogen) atoms. The molecule has 0 aliphatic heterocycles. The minimum absolute atomic E-state index is 0.171. The molecule has 174 valence electrons. The molecule has 8 heteroatoms. The van der Waals surface area contributed by atoms with E-state index in [0.717, 1.165) is 37.1 Å². The summed E-state index contributed by atoms with van der Waals surface area (Å²) in [5, 5.41) is 4.94. The zero-order valence-electron chi connectivity index (χ0n) is 19.3. The Balaban J connectivity index is 1.41. The molecule has 2 saturated carbocycles. The Hall–Kier alpha value is -2.93. The molecule has 0 spiro atoms. The molecule has 3 aromatic heterocycles. The number of aromatic nitrogens is 6. The molecule has 2 unspecified atom stereocenters. The van der Waals surface area contributed by atoms with Crippen LogP contribution in [0.3, 0.4) is 0 Å². The minimum atomic E-state index is -0.424. The van der Waals surface area contributed by atoms with Gasteiger partial charge in [-0.25, -0.2) is 24.3 Å². The normalized spacial score (nSPS) is 20.7. The first-order valence-corrected chi connectivity index (χ1v) is 12.4. The lowest BCUT2D eigenvalue weighted by atomic mass is 9.78. The van der Waals surface area contributed by atoms with Crippen LogP contribution in [0.4, 0.5) is 4.39 Å². The lowest BCUT2D eigenvalue weighted by Crippen LogP contribution is -2.16. The van der Waals surface area contributed by atoms with Crippen LogP contribution in [0.2, 0.25) is 5.02 Å². The Morgan fingerprint density at radius 3 is 2.56 bits per heavy atom. The minimum Gasteiger partial charge on any atom is -0.269 e. The molecule has 0 N–H and O–H groups in total. The first-order valence-electron chi connectivity index (χ1n) is 12.0. The number of fused-ring (bicyclic) bond motifs is 1. The SMILES string of the molecule is Cc1nc2nc(C3CCCC(c4cnn(C5CC5)c4)C3)nc(-c3ccc(Cl)cc3F)c2nc1C. The fourth-order valence-electron chi connectivity index (χ4n) is 5.01. The highest BCUT2D eigenvalue weighted by atomic mass is 35.5. The van der Waals surface area contributed by atoms with Crippen molar-refractivity contribution in [3.8, 4) is 11.3 Å². The molecule has 2 fully saturated rings. The van der Waals surface area contributed by atoms with E-state index < -0.39 is 5.82 Å². The molecule has 0 radical (unpaired) electrons. The molecule has 2 atom stereocenters. The molecule has 0 saturated heterocycles. The number of aryl methyl sites for hydroxylation is 2. The van der Waals surface area contributed by atoms with Gasteiger partial charge in [0.05, 0.1) is 23.6 Å². The van der Waals surface area contributed by atoms with Crippen molar-refractivity contribution in [3.63, 3.8) is 0 Å². The van der Waals surface area contributed by atoms with Crippen molar-refractivity contribution >= 4 is 22.8 Å². The summed E-state index contributed by atoms with van der Waals surface area (Å²) in [7, 11) is 0. The van der Waals surface area contributed by atoms with Gasteiger partial charge in [-0.15, -0.1) is 0 Å². The van der Waals surface area contributed by atoms with Gasteiger partial charge in [0, 0.05) is 22.7 Å². The van der Waals surface area contributed by atoms with Gasteiger partial charge in [-0.2, -0.15) is 5.10 Å². The van der Waals surface area contributed by atoms with Crippen LogP contribution < -0.4 is 0 Å². The second-order valence-corrected chi connectivity index (χ2v) is 10.1. The van der Waals surface area contributed by atoms with Gasteiger partial charge in [-0.1, -0.05) is 18.0 Å². The summed E-state index contributed by atoms with van der Waals surface area (Å²) in [6.07, 6.45) is 10.9. The average molecular weight is 477 g/mol. The van der Waals surface area contributed by atoms with E-state index in [4.69, 9.17) is 31.5 Å². The molecule has 6 rings (SSSR count). The summed E-state index contributed by atoms with van der Waals surface area (Å²) in [4.78, 5) is 19.1. The number of nitrogens with zero attached hydrogens (tertiary/aromatic N) is 6. The summed E-state index contributed by atoms with van der Waals surface area (Å²) in [5.74, 6) is 0.887. The third kappa shape index (κ3) is 3.96. The molecular weight excluding hydrogens is 451 g/mol. The number of benzene rings is 1. The van der Waals surface area contributed by atoms with Crippen molar-refractivity contribution in [1.29, 1.82) is 0 Å². The highest BCUT2D eigenvalue weighted by Gasteiger charge is 2.30. The largest absolute Gasteiger partial charge is 0.269 e. The maximum atomic E-state index is 15.0. The van der Waals surface area contributed by atoms with Crippen LogP contribution in [0.15, 0.2) is 30.6 Å². The van der Waals surface area contributed by atoms with Gasteiger partial charge < -0.3 is 0 Å². The van der Waals surface area contributed by atoms with Crippen LogP contribution in [0, 0.1) is 19.7 Å². The van der Waals surface area contributed by atoms with E-state index in [1.807, 2.05) is 20.0 Å². The highest BCUT2D eigenvalue weighted by Crippen LogP contribution is 2.42. The topological polar surface area (TPSA) is 69.4 Å². The van der Waals surface area contributed by atoms with E-state index in [0.29, 0.717) is 45.2 Å².